The molecule has 6 heteroatoms. The topological polar surface area (TPSA) is 83.8 Å². The Bertz CT molecular complexity index is 424. The molecule has 0 aromatic heterocycles. The molecule has 0 bridgehead atoms. The summed E-state index contributed by atoms with van der Waals surface area (Å²) in [6.45, 7) is 3.86. The van der Waals surface area contributed by atoms with Crippen LogP contribution in [0.15, 0.2) is 0 Å². The summed E-state index contributed by atoms with van der Waals surface area (Å²) >= 11 is 0. The Kier molecular flexibility index (Phi) is 24.5. The van der Waals surface area contributed by atoms with E-state index in [0.29, 0.717) is 12.8 Å². The van der Waals surface area contributed by atoms with Crippen molar-refractivity contribution in [3.05, 3.63) is 0 Å². The highest BCUT2D eigenvalue weighted by atomic mass is 31.1. The molecule has 196 valence electrons. The second kappa shape index (κ2) is 24.8. The van der Waals surface area contributed by atoms with Gasteiger partial charge in [-0.1, -0.05) is 117 Å². The van der Waals surface area contributed by atoms with E-state index in [4.69, 9.17) is 9.63 Å². The fourth-order valence-electron chi connectivity index (χ4n) is 3.87. The van der Waals surface area contributed by atoms with Crippen LogP contribution in [0, 0.1) is 0 Å². The number of carbonyl (C=O) groups is 2. The summed E-state index contributed by atoms with van der Waals surface area (Å²) in [5, 5.41) is 18.6. The van der Waals surface area contributed by atoms with Gasteiger partial charge in [-0.2, -0.15) is 0 Å². The maximum atomic E-state index is 12.7. The molecule has 0 aromatic carbocycles. The van der Waals surface area contributed by atoms with Crippen molar-refractivity contribution in [1.29, 1.82) is 0 Å². The molecule has 1 unspecified atom stereocenters. The van der Waals surface area contributed by atoms with Gasteiger partial charge in [0.25, 0.3) is 0 Å². The molecular formula is C27H53O5P. The number of aliphatic hydroxyl groups excluding tert-OH is 2. The highest BCUT2D eigenvalue weighted by Gasteiger charge is 2.27. The first-order valence-corrected chi connectivity index (χ1v) is 15.1. The number of aliphatic hydroxyl groups is 2. The lowest BCUT2D eigenvalue weighted by Gasteiger charge is -2.17. The van der Waals surface area contributed by atoms with Crippen LogP contribution in [0.1, 0.15) is 142 Å². The van der Waals surface area contributed by atoms with Crippen LogP contribution in [0.3, 0.4) is 0 Å². The lowest BCUT2D eigenvalue weighted by atomic mass is 10.1. The van der Waals surface area contributed by atoms with Gasteiger partial charge in [0.2, 0.25) is 0 Å². The van der Waals surface area contributed by atoms with E-state index >= 15 is 0 Å². The average Bonchev–Trinajstić information content (AvgIpc) is 2.81. The summed E-state index contributed by atoms with van der Waals surface area (Å²) < 4.78 is 5.54. The largest absolute Gasteiger partial charge is 0.394 e. The van der Waals surface area contributed by atoms with Gasteiger partial charge in [0, 0.05) is 12.8 Å². The summed E-state index contributed by atoms with van der Waals surface area (Å²) in [5.41, 5.74) is -0.224. The van der Waals surface area contributed by atoms with Crippen LogP contribution in [-0.4, -0.2) is 40.6 Å². The zero-order valence-electron chi connectivity index (χ0n) is 21.7. The second-order valence-corrected chi connectivity index (χ2v) is 11.2. The van der Waals surface area contributed by atoms with Crippen LogP contribution in [-0.2, 0) is 14.1 Å². The lowest BCUT2D eigenvalue weighted by Crippen LogP contribution is -2.20. The third-order valence-corrected chi connectivity index (χ3v) is 7.81. The standard InChI is InChI=1S/C27H53O5P/c1-3-5-7-9-11-13-15-17-19-21-26(30)33(32-24-25(29)23-28)27(31)22-20-18-16-14-12-10-8-6-4-2/h25,28-29H,3-24H2,1-2H3. The SMILES string of the molecule is CCCCCCCCCCCC(=O)P(OCC(O)CO)C(=O)CCCCCCCCCCC. The normalized spacial score (nSPS) is 12.4. The van der Waals surface area contributed by atoms with Crippen molar-refractivity contribution in [2.24, 2.45) is 0 Å². The predicted octanol–water partition coefficient (Wildman–Crippen LogP) is 7.65. The van der Waals surface area contributed by atoms with Gasteiger partial charge < -0.3 is 14.7 Å². The number of rotatable bonds is 26. The summed E-state index contributed by atoms with van der Waals surface area (Å²) in [7, 11) is -1.84. The molecule has 0 aliphatic heterocycles. The van der Waals surface area contributed by atoms with Gasteiger partial charge in [-0.3, -0.25) is 9.59 Å². The van der Waals surface area contributed by atoms with E-state index < -0.39 is 20.9 Å². The predicted molar refractivity (Wildman–Crippen MR) is 140 cm³/mol. The molecule has 0 saturated heterocycles. The fraction of sp³-hybridized carbons (Fsp3) is 0.926. The Balaban J connectivity index is 4.16. The minimum absolute atomic E-state index is 0.112. The minimum Gasteiger partial charge on any atom is -0.394 e. The average molecular weight is 489 g/mol. The highest BCUT2D eigenvalue weighted by Crippen LogP contribution is 2.42. The highest BCUT2D eigenvalue weighted by molar-refractivity contribution is 7.85. The molecule has 0 aliphatic carbocycles. The Hall–Kier alpha value is -0.350. The van der Waals surface area contributed by atoms with Crippen molar-refractivity contribution in [3.63, 3.8) is 0 Å². The van der Waals surface area contributed by atoms with Crippen LogP contribution in [0.4, 0.5) is 0 Å². The maximum Gasteiger partial charge on any atom is 0.189 e. The van der Waals surface area contributed by atoms with Gasteiger partial charge in [0.05, 0.1) is 13.2 Å². The number of unbranched alkanes of at least 4 members (excludes halogenated alkanes) is 16. The van der Waals surface area contributed by atoms with Crippen LogP contribution in [0.5, 0.6) is 0 Å². The minimum atomic E-state index is -1.84. The van der Waals surface area contributed by atoms with E-state index in [1.165, 1.54) is 77.0 Å². The van der Waals surface area contributed by atoms with E-state index in [0.717, 1.165) is 38.5 Å². The first-order valence-electron chi connectivity index (χ1n) is 13.8. The Morgan fingerprint density at radius 2 is 0.970 bits per heavy atom. The molecule has 0 spiro atoms. The Morgan fingerprint density at radius 1 is 0.636 bits per heavy atom. The summed E-state index contributed by atoms with van der Waals surface area (Å²) in [6, 6.07) is 0. The van der Waals surface area contributed by atoms with Gasteiger partial charge in [-0.15, -0.1) is 0 Å². The molecule has 0 radical (unpaired) electrons. The van der Waals surface area contributed by atoms with E-state index in [9.17, 15) is 14.7 Å². The number of carbonyl (C=O) groups excluding carboxylic acids is 2. The van der Waals surface area contributed by atoms with Crippen molar-refractivity contribution in [2.75, 3.05) is 13.2 Å². The van der Waals surface area contributed by atoms with Crippen LogP contribution >= 0.6 is 8.15 Å². The molecule has 0 fully saturated rings. The van der Waals surface area contributed by atoms with Crippen LogP contribution < -0.4 is 0 Å². The maximum absolute atomic E-state index is 12.7. The van der Waals surface area contributed by atoms with Crippen molar-refractivity contribution in [3.8, 4) is 0 Å². The summed E-state index contributed by atoms with van der Waals surface area (Å²) in [6.07, 6.45) is 20.9. The molecule has 0 amide bonds. The second-order valence-electron chi connectivity index (χ2n) is 9.37. The smallest absolute Gasteiger partial charge is 0.189 e. The van der Waals surface area contributed by atoms with Crippen molar-refractivity contribution in [1.82, 2.24) is 0 Å². The van der Waals surface area contributed by atoms with E-state index in [2.05, 4.69) is 13.8 Å². The first kappa shape index (κ1) is 32.7. The third kappa shape index (κ3) is 20.7. The third-order valence-electron chi connectivity index (χ3n) is 6.05. The zero-order chi connectivity index (χ0) is 24.6. The molecule has 0 rings (SSSR count). The molecule has 1 atom stereocenters. The molecule has 0 aliphatic rings. The van der Waals surface area contributed by atoms with Crippen LogP contribution in [0.25, 0.3) is 0 Å². The van der Waals surface area contributed by atoms with Gasteiger partial charge in [0.1, 0.15) is 6.10 Å². The number of hydrogen-bond acceptors (Lipinski definition) is 5. The fourth-order valence-corrected chi connectivity index (χ4v) is 5.48. The molecule has 5 nitrogen and oxygen atoms in total. The van der Waals surface area contributed by atoms with Crippen LogP contribution in [0.2, 0.25) is 0 Å². The van der Waals surface area contributed by atoms with E-state index in [-0.39, 0.29) is 17.7 Å². The first-order chi connectivity index (χ1) is 16.1. The molecular weight excluding hydrogens is 435 g/mol. The molecule has 2 N–H and O–H groups in total. The van der Waals surface area contributed by atoms with E-state index in [1.807, 2.05) is 0 Å². The lowest BCUT2D eigenvalue weighted by molar-refractivity contribution is -0.115. The van der Waals surface area contributed by atoms with Crippen molar-refractivity contribution in [2.45, 2.75) is 148 Å². The Labute approximate surface area is 205 Å². The number of hydrogen-bond donors (Lipinski definition) is 2. The van der Waals surface area contributed by atoms with E-state index in [1.54, 1.807) is 0 Å². The van der Waals surface area contributed by atoms with Gasteiger partial charge >= 0.3 is 0 Å². The van der Waals surface area contributed by atoms with Crippen molar-refractivity contribution >= 4 is 19.2 Å². The van der Waals surface area contributed by atoms with Gasteiger partial charge in [0.15, 0.2) is 19.2 Å². The summed E-state index contributed by atoms with van der Waals surface area (Å²) in [4.78, 5) is 25.4. The quantitative estimate of drug-likeness (QED) is 0.0965. The molecule has 0 heterocycles. The summed E-state index contributed by atoms with van der Waals surface area (Å²) in [5.74, 6) is 0. The Morgan fingerprint density at radius 3 is 1.30 bits per heavy atom. The molecule has 33 heavy (non-hydrogen) atoms. The van der Waals surface area contributed by atoms with Gasteiger partial charge in [-0.25, -0.2) is 0 Å². The van der Waals surface area contributed by atoms with Crippen molar-refractivity contribution < 1.29 is 24.3 Å². The monoisotopic (exact) mass is 488 g/mol. The van der Waals surface area contributed by atoms with Gasteiger partial charge in [-0.05, 0) is 12.8 Å². The molecule has 0 aromatic rings. The zero-order valence-corrected chi connectivity index (χ0v) is 22.6. The molecule has 0 saturated carbocycles.